The van der Waals surface area contributed by atoms with Crippen molar-refractivity contribution in [3.8, 4) is 22.4 Å². The number of benzene rings is 1. The molecule has 1 aliphatic heterocycles. The lowest BCUT2D eigenvalue weighted by Crippen LogP contribution is -2.42. The molecule has 0 bridgehead atoms. The number of ketones is 1. The summed E-state index contributed by atoms with van der Waals surface area (Å²) in [7, 11) is 0. The number of likely N-dealkylation sites (tertiary alicyclic amines) is 1. The lowest BCUT2D eigenvalue weighted by atomic mass is 9.89. The highest BCUT2D eigenvalue weighted by Gasteiger charge is 2.31. The van der Waals surface area contributed by atoms with Crippen LogP contribution in [0.25, 0.3) is 28.0 Å². The van der Waals surface area contributed by atoms with Gasteiger partial charge in [-0.3, -0.25) is 14.6 Å². The Bertz CT molecular complexity index is 1480. The average Bonchev–Trinajstić information content (AvgIpc) is 3.37. The maximum Gasteiger partial charge on any atom is 0.251 e. The van der Waals surface area contributed by atoms with Crippen molar-refractivity contribution >= 4 is 23.2 Å². The number of amides is 1. The molecular weight excluding hydrogens is 480 g/mol. The zero-order valence-corrected chi connectivity index (χ0v) is 21.9. The fourth-order valence-corrected chi connectivity index (χ4v) is 5.17. The maximum atomic E-state index is 12.7. The van der Waals surface area contributed by atoms with Gasteiger partial charge in [0.1, 0.15) is 11.9 Å². The second kappa shape index (κ2) is 10.3. The first kappa shape index (κ1) is 25.5. The summed E-state index contributed by atoms with van der Waals surface area (Å²) >= 11 is 0. The topological polar surface area (TPSA) is 127 Å². The molecule has 4 heterocycles. The zero-order chi connectivity index (χ0) is 27.0. The van der Waals surface area contributed by atoms with Gasteiger partial charge in [-0.15, -0.1) is 0 Å². The second-order valence-electron chi connectivity index (χ2n) is 9.87. The summed E-state index contributed by atoms with van der Waals surface area (Å²) in [6, 6.07) is 12.3. The van der Waals surface area contributed by atoms with Gasteiger partial charge in [0.25, 0.3) is 5.91 Å². The van der Waals surface area contributed by atoms with Gasteiger partial charge in [0.2, 0.25) is 0 Å². The molecule has 0 aliphatic carbocycles. The van der Waals surface area contributed by atoms with Crippen molar-refractivity contribution in [2.45, 2.75) is 52.1 Å². The third-order valence-electron chi connectivity index (χ3n) is 7.35. The number of hydrogen-bond acceptors (Lipinski definition) is 7. The molecule has 1 fully saturated rings. The van der Waals surface area contributed by atoms with E-state index in [9.17, 15) is 14.7 Å². The van der Waals surface area contributed by atoms with E-state index >= 15 is 0 Å². The van der Waals surface area contributed by atoms with Crippen molar-refractivity contribution in [2.75, 3.05) is 18.8 Å². The van der Waals surface area contributed by atoms with Gasteiger partial charge < -0.3 is 15.7 Å². The number of pyridine rings is 1. The van der Waals surface area contributed by atoms with E-state index in [4.69, 9.17) is 10.7 Å². The van der Waals surface area contributed by atoms with Crippen LogP contribution in [-0.4, -0.2) is 60.5 Å². The highest BCUT2D eigenvalue weighted by Crippen LogP contribution is 2.35. The minimum Gasteiger partial charge on any atom is -0.384 e. The van der Waals surface area contributed by atoms with Crippen LogP contribution in [0.5, 0.6) is 0 Å². The van der Waals surface area contributed by atoms with Gasteiger partial charge >= 0.3 is 0 Å². The number of carbonyl (C=O) groups excluding carboxylic acids is 2. The number of anilines is 1. The number of nitrogens with two attached hydrogens (primary N) is 1. The molecule has 196 valence electrons. The number of aliphatic hydroxyl groups is 1. The van der Waals surface area contributed by atoms with Crippen molar-refractivity contribution < 1.29 is 14.7 Å². The quantitative estimate of drug-likeness (QED) is 0.375. The molecule has 3 aromatic heterocycles. The number of rotatable bonds is 6. The molecule has 38 heavy (non-hydrogen) atoms. The van der Waals surface area contributed by atoms with Crippen molar-refractivity contribution in [1.82, 2.24) is 24.5 Å². The first-order chi connectivity index (χ1) is 18.3. The van der Waals surface area contributed by atoms with Crippen molar-refractivity contribution in [3.05, 3.63) is 65.6 Å². The summed E-state index contributed by atoms with van der Waals surface area (Å²) < 4.78 is 1.51. The summed E-state index contributed by atoms with van der Waals surface area (Å²) in [6.45, 7) is 6.05. The third kappa shape index (κ3) is 4.65. The van der Waals surface area contributed by atoms with Crippen LogP contribution in [0.15, 0.2) is 48.8 Å². The van der Waals surface area contributed by atoms with Crippen LogP contribution in [-0.2, 0) is 11.2 Å². The minimum absolute atomic E-state index is 0.0476. The molecule has 0 radical (unpaired) electrons. The van der Waals surface area contributed by atoms with Gasteiger partial charge in [0.05, 0.1) is 23.1 Å². The monoisotopic (exact) mass is 512 g/mol. The number of piperidine rings is 1. The number of aromatic nitrogens is 4. The number of hydrogen-bond donors (Lipinski definition) is 2. The van der Waals surface area contributed by atoms with E-state index in [0.29, 0.717) is 42.8 Å². The van der Waals surface area contributed by atoms with Gasteiger partial charge in [-0.05, 0) is 44.7 Å². The molecule has 9 heteroatoms. The SMILES string of the molecule is CCc1ccc(-c2ccc(-c3cnn4c(N)c(C(C)=O)c(C5CCN(C(=O)[C@@H](C)O)CC5)nc34)cn2)cc1. The Morgan fingerprint density at radius 3 is 2.34 bits per heavy atom. The summed E-state index contributed by atoms with van der Waals surface area (Å²) in [6.07, 6.45) is 4.70. The molecule has 1 amide bonds. The summed E-state index contributed by atoms with van der Waals surface area (Å²) in [5.41, 5.74) is 12.9. The summed E-state index contributed by atoms with van der Waals surface area (Å²) in [5, 5.41) is 14.1. The van der Waals surface area contributed by atoms with Crippen LogP contribution in [0.4, 0.5) is 5.82 Å². The van der Waals surface area contributed by atoms with Gasteiger partial charge in [-0.25, -0.2) is 4.98 Å². The van der Waals surface area contributed by atoms with Crippen molar-refractivity contribution in [1.29, 1.82) is 0 Å². The predicted molar refractivity (Wildman–Crippen MR) is 146 cm³/mol. The van der Waals surface area contributed by atoms with E-state index in [2.05, 4.69) is 41.3 Å². The molecular formula is C29H32N6O3. The van der Waals surface area contributed by atoms with Gasteiger partial charge in [0.15, 0.2) is 11.4 Å². The molecule has 1 atom stereocenters. The highest BCUT2D eigenvalue weighted by molar-refractivity contribution is 6.00. The van der Waals surface area contributed by atoms with Gasteiger partial charge in [-0.2, -0.15) is 9.61 Å². The first-order valence-electron chi connectivity index (χ1n) is 13.0. The largest absolute Gasteiger partial charge is 0.384 e. The Morgan fingerprint density at radius 2 is 1.76 bits per heavy atom. The number of carbonyl (C=O) groups is 2. The molecule has 1 aliphatic rings. The molecule has 4 aromatic rings. The number of Topliss-reactive ketones (excluding diaryl/α,β-unsaturated/α-hetero) is 1. The molecule has 0 spiro atoms. The Hall–Kier alpha value is -4.11. The average molecular weight is 513 g/mol. The fourth-order valence-electron chi connectivity index (χ4n) is 5.17. The van der Waals surface area contributed by atoms with E-state index < -0.39 is 6.10 Å². The van der Waals surface area contributed by atoms with Crippen LogP contribution in [0.3, 0.4) is 0 Å². The van der Waals surface area contributed by atoms with Crippen LogP contribution in [0.1, 0.15) is 61.1 Å². The second-order valence-corrected chi connectivity index (χ2v) is 9.87. The number of aryl methyl sites for hydroxylation is 1. The molecule has 1 aromatic carbocycles. The minimum atomic E-state index is -1.03. The Labute approximate surface area is 221 Å². The number of aliphatic hydroxyl groups excluding tert-OH is 1. The van der Waals surface area contributed by atoms with E-state index in [1.54, 1.807) is 17.3 Å². The standard InChI is InChI=1S/C29H32N6O3/c1-4-19-5-7-20(8-6-19)24-10-9-22(15-31-24)23-16-32-35-27(30)25(17(2)36)26(33-28(23)35)21-11-13-34(14-12-21)29(38)18(3)37/h5-10,15-16,18,21,37H,4,11-14,30H2,1-3H3/t18-/m1/s1. The Balaban J connectivity index is 1.49. The fraction of sp³-hybridized carbons (Fsp3) is 0.345. The molecule has 0 saturated carbocycles. The molecule has 5 rings (SSSR count). The number of nitrogens with zero attached hydrogens (tertiary/aromatic N) is 5. The molecule has 9 nitrogen and oxygen atoms in total. The first-order valence-corrected chi connectivity index (χ1v) is 13.0. The van der Waals surface area contributed by atoms with Crippen LogP contribution < -0.4 is 5.73 Å². The number of nitrogen functional groups attached to an aromatic ring is 1. The van der Waals surface area contributed by atoms with E-state index in [-0.39, 0.29) is 23.4 Å². The normalized spacial score (nSPS) is 15.1. The smallest absolute Gasteiger partial charge is 0.251 e. The zero-order valence-electron chi connectivity index (χ0n) is 21.9. The lowest BCUT2D eigenvalue weighted by molar-refractivity contribution is -0.140. The van der Waals surface area contributed by atoms with Crippen LogP contribution >= 0.6 is 0 Å². The van der Waals surface area contributed by atoms with E-state index in [0.717, 1.165) is 28.8 Å². The van der Waals surface area contributed by atoms with Crippen molar-refractivity contribution in [2.24, 2.45) is 0 Å². The highest BCUT2D eigenvalue weighted by atomic mass is 16.3. The van der Waals surface area contributed by atoms with Crippen molar-refractivity contribution in [3.63, 3.8) is 0 Å². The number of fused-ring (bicyclic) bond motifs is 1. The molecule has 3 N–H and O–H groups in total. The van der Waals surface area contributed by atoms with E-state index in [1.165, 1.54) is 23.9 Å². The Morgan fingerprint density at radius 1 is 1.08 bits per heavy atom. The lowest BCUT2D eigenvalue weighted by Gasteiger charge is -2.33. The predicted octanol–water partition coefficient (Wildman–Crippen LogP) is 3.89. The van der Waals surface area contributed by atoms with Gasteiger partial charge in [-0.1, -0.05) is 37.3 Å². The summed E-state index contributed by atoms with van der Waals surface area (Å²) in [4.78, 5) is 36.2. The maximum absolute atomic E-state index is 12.7. The molecule has 1 saturated heterocycles. The third-order valence-corrected chi connectivity index (χ3v) is 7.35. The van der Waals surface area contributed by atoms with Gasteiger partial charge in [0, 0.05) is 41.9 Å². The Kier molecular flexibility index (Phi) is 6.94. The van der Waals surface area contributed by atoms with Crippen LogP contribution in [0, 0.1) is 0 Å². The van der Waals surface area contributed by atoms with Crippen LogP contribution in [0.2, 0.25) is 0 Å². The summed E-state index contributed by atoms with van der Waals surface area (Å²) in [5.74, 6) is -0.250. The molecule has 0 unspecified atom stereocenters. The van der Waals surface area contributed by atoms with E-state index in [1.807, 2.05) is 12.1 Å².